The molecule has 0 bridgehead atoms. The second-order valence-corrected chi connectivity index (χ2v) is 5.20. The molecule has 1 aromatic carbocycles. The van der Waals surface area contributed by atoms with E-state index in [1.165, 1.54) is 0 Å². The monoisotopic (exact) mass is 286 g/mol. The Bertz CT molecular complexity index is 751. The number of aromatic nitrogens is 5. The lowest BCUT2D eigenvalue weighted by Gasteiger charge is -2.39. The van der Waals surface area contributed by atoms with E-state index in [1.807, 2.05) is 18.2 Å². The highest BCUT2D eigenvalue weighted by atomic mass is 35.5. The maximum atomic E-state index is 6.07. The number of halogens is 1. The van der Waals surface area contributed by atoms with Crippen LogP contribution in [0.4, 0.5) is 5.82 Å². The van der Waals surface area contributed by atoms with Gasteiger partial charge in [-0.05, 0) is 18.2 Å². The summed E-state index contributed by atoms with van der Waals surface area (Å²) in [6.07, 6.45) is 4.98. The summed E-state index contributed by atoms with van der Waals surface area (Å²) >= 11 is 6.07. The smallest absolute Gasteiger partial charge is 0.140 e. The Labute approximate surface area is 120 Å². The number of hydrogen-bond acceptors (Lipinski definition) is 5. The minimum atomic E-state index is 0.300. The number of benzene rings is 1. The second kappa shape index (κ2) is 4.42. The van der Waals surface area contributed by atoms with E-state index in [0.29, 0.717) is 11.1 Å². The molecule has 0 unspecified atom stereocenters. The number of fused-ring (bicyclic) bond motifs is 1. The van der Waals surface area contributed by atoms with Gasteiger partial charge in [0, 0.05) is 23.5 Å². The van der Waals surface area contributed by atoms with Crippen molar-refractivity contribution < 1.29 is 0 Å². The second-order valence-electron chi connectivity index (χ2n) is 4.77. The molecule has 0 spiro atoms. The van der Waals surface area contributed by atoms with Crippen molar-refractivity contribution in [3.8, 4) is 0 Å². The van der Waals surface area contributed by atoms with Crippen molar-refractivity contribution in [2.45, 2.75) is 6.04 Å². The van der Waals surface area contributed by atoms with Gasteiger partial charge in [-0.1, -0.05) is 11.6 Å². The Morgan fingerprint density at radius 3 is 2.70 bits per heavy atom. The van der Waals surface area contributed by atoms with E-state index in [-0.39, 0.29) is 0 Å². The topological polar surface area (TPSA) is 59.7 Å². The summed E-state index contributed by atoms with van der Waals surface area (Å²) in [5, 5.41) is 10.0. The van der Waals surface area contributed by atoms with Crippen LogP contribution >= 0.6 is 11.6 Å². The van der Waals surface area contributed by atoms with Crippen molar-refractivity contribution >= 4 is 28.3 Å². The van der Waals surface area contributed by atoms with E-state index in [9.17, 15) is 0 Å². The number of hydrogen-bond donors (Lipinski definition) is 0. The van der Waals surface area contributed by atoms with Gasteiger partial charge in [0.05, 0.1) is 17.9 Å². The Kier molecular flexibility index (Phi) is 2.56. The fourth-order valence-electron chi connectivity index (χ4n) is 2.46. The van der Waals surface area contributed by atoms with E-state index in [2.05, 4.69) is 25.1 Å². The predicted octanol–water partition coefficient (Wildman–Crippen LogP) is 1.94. The Morgan fingerprint density at radius 1 is 1.10 bits per heavy atom. The van der Waals surface area contributed by atoms with Crippen LogP contribution in [0.2, 0.25) is 5.02 Å². The molecular formula is C13H11ClN6. The molecule has 1 aliphatic heterocycles. The summed E-state index contributed by atoms with van der Waals surface area (Å²) in [6.45, 7) is 1.68. The van der Waals surface area contributed by atoms with Gasteiger partial charge in [-0.25, -0.2) is 9.97 Å². The molecule has 0 saturated carbocycles. The van der Waals surface area contributed by atoms with Crippen LogP contribution in [0.5, 0.6) is 0 Å². The quantitative estimate of drug-likeness (QED) is 0.720. The highest BCUT2D eigenvalue weighted by molar-refractivity contribution is 6.31. The average Bonchev–Trinajstić information content (AvgIpc) is 2.91. The third-order valence-electron chi connectivity index (χ3n) is 3.50. The Hall–Kier alpha value is -2.21. The van der Waals surface area contributed by atoms with Gasteiger partial charge in [0.25, 0.3) is 0 Å². The van der Waals surface area contributed by atoms with Crippen LogP contribution in [-0.4, -0.2) is 38.1 Å². The third-order valence-corrected chi connectivity index (χ3v) is 3.74. The van der Waals surface area contributed by atoms with Gasteiger partial charge >= 0.3 is 0 Å². The van der Waals surface area contributed by atoms with Crippen molar-refractivity contribution in [1.29, 1.82) is 0 Å². The Morgan fingerprint density at radius 2 is 1.90 bits per heavy atom. The lowest BCUT2D eigenvalue weighted by atomic mass is 10.1. The van der Waals surface area contributed by atoms with E-state index in [4.69, 9.17) is 11.6 Å². The van der Waals surface area contributed by atoms with Crippen LogP contribution in [0.25, 0.3) is 10.9 Å². The number of anilines is 1. The summed E-state index contributed by atoms with van der Waals surface area (Å²) in [6, 6.07) is 5.96. The highest BCUT2D eigenvalue weighted by Gasteiger charge is 2.31. The van der Waals surface area contributed by atoms with Crippen LogP contribution < -0.4 is 4.90 Å². The summed E-state index contributed by atoms with van der Waals surface area (Å²) in [5.74, 6) is 0.918. The van der Waals surface area contributed by atoms with Crippen molar-refractivity contribution in [3.05, 3.63) is 41.9 Å². The van der Waals surface area contributed by atoms with Crippen LogP contribution in [0.3, 0.4) is 0 Å². The van der Waals surface area contributed by atoms with Gasteiger partial charge in [0.15, 0.2) is 0 Å². The van der Waals surface area contributed by atoms with Crippen LogP contribution in [0.1, 0.15) is 6.04 Å². The normalized spacial score (nSPS) is 15.6. The van der Waals surface area contributed by atoms with Gasteiger partial charge < -0.3 is 4.90 Å². The van der Waals surface area contributed by atoms with Gasteiger partial charge in [0.1, 0.15) is 18.2 Å². The minimum absolute atomic E-state index is 0.300. The zero-order chi connectivity index (χ0) is 13.5. The van der Waals surface area contributed by atoms with E-state index < -0.39 is 0 Å². The fraction of sp³-hybridized carbons (Fsp3) is 0.231. The first-order valence-corrected chi connectivity index (χ1v) is 6.70. The molecule has 0 radical (unpaired) electrons. The van der Waals surface area contributed by atoms with Gasteiger partial charge in [-0.15, -0.1) is 0 Å². The molecule has 0 amide bonds. The first-order valence-electron chi connectivity index (χ1n) is 6.32. The third kappa shape index (κ3) is 1.80. The lowest BCUT2D eigenvalue weighted by molar-refractivity contribution is 0.331. The molecule has 1 aliphatic rings. The molecule has 0 N–H and O–H groups in total. The molecule has 3 aromatic rings. The average molecular weight is 287 g/mol. The molecule has 2 aromatic heterocycles. The summed E-state index contributed by atoms with van der Waals surface area (Å²) < 4.78 is 0. The molecule has 0 atom stereocenters. The van der Waals surface area contributed by atoms with E-state index >= 15 is 0 Å². The Balaban J connectivity index is 1.65. The predicted molar refractivity (Wildman–Crippen MR) is 75.8 cm³/mol. The molecular weight excluding hydrogens is 276 g/mol. The fourth-order valence-corrected chi connectivity index (χ4v) is 2.63. The first kappa shape index (κ1) is 11.6. The van der Waals surface area contributed by atoms with E-state index in [1.54, 1.807) is 23.5 Å². The largest absolute Gasteiger partial charge is 0.351 e. The highest BCUT2D eigenvalue weighted by Crippen LogP contribution is 2.31. The lowest BCUT2D eigenvalue weighted by Crippen LogP contribution is -2.49. The van der Waals surface area contributed by atoms with Crippen molar-refractivity contribution in [2.75, 3.05) is 18.0 Å². The zero-order valence-electron chi connectivity index (χ0n) is 10.5. The van der Waals surface area contributed by atoms with Crippen LogP contribution in [0.15, 0.2) is 36.9 Å². The molecule has 7 heteroatoms. The standard InChI is InChI=1S/C13H11ClN6/c14-9-1-2-12-11(5-9)13(16-8-15-12)19-6-10(7-19)20-17-3-4-18-20/h1-5,8,10H,6-7H2. The van der Waals surface area contributed by atoms with Crippen LogP contribution in [-0.2, 0) is 0 Å². The maximum Gasteiger partial charge on any atom is 0.140 e. The zero-order valence-corrected chi connectivity index (χ0v) is 11.3. The molecule has 3 heterocycles. The summed E-state index contributed by atoms with van der Waals surface area (Å²) in [7, 11) is 0. The van der Waals surface area contributed by atoms with Crippen molar-refractivity contribution in [2.24, 2.45) is 0 Å². The SMILES string of the molecule is Clc1ccc2ncnc(N3CC(n4nccn4)C3)c2c1. The minimum Gasteiger partial charge on any atom is -0.351 e. The molecule has 20 heavy (non-hydrogen) atoms. The maximum absolute atomic E-state index is 6.07. The van der Waals surface area contributed by atoms with Gasteiger partial charge in [-0.2, -0.15) is 15.0 Å². The van der Waals surface area contributed by atoms with Crippen molar-refractivity contribution in [3.63, 3.8) is 0 Å². The number of rotatable bonds is 2. The number of nitrogens with zero attached hydrogens (tertiary/aromatic N) is 6. The molecule has 1 fully saturated rings. The summed E-state index contributed by atoms with van der Waals surface area (Å²) in [4.78, 5) is 12.6. The van der Waals surface area contributed by atoms with E-state index in [0.717, 1.165) is 29.8 Å². The molecule has 1 saturated heterocycles. The molecule has 100 valence electrons. The summed E-state index contributed by atoms with van der Waals surface area (Å²) in [5.41, 5.74) is 0.903. The van der Waals surface area contributed by atoms with Gasteiger partial charge in [-0.3, -0.25) is 0 Å². The molecule has 4 rings (SSSR count). The van der Waals surface area contributed by atoms with Crippen molar-refractivity contribution in [1.82, 2.24) is 25.0 Å². The van der Waals surface area contributed by atoms with Crippen LogP contribution in [0, 0.1) is 0 Å². The first-order chi connectivity index (χ1) is 9.81. The molecule has 6 nitrogen and oxygen atoms in total. The molecule has 0 aliphatic carbocycles. The van der Waals surface area contributed by atoms with Gasteiger partial charge in [0.2, 0.25) is 0 Å².